The summed E-state index contributed by atoms with van der Waals surface area (Å²) in [5, 5.41) is 4.12. The first-order valence-corrected chi connectivity index (χ1v) is 11.8. The van der Waals surface area contributed by atoms with Gasteiger partial charge >= 0.3 is 5.97 Å². The minimum absolute atomic E-state index is 0.131. The van der Waals surface area contributed by atoms with Crippen LogP contribution in [-0.2, 0) is 16.0 Å². The number of hydrogen-bond donors (Lipinski definition) is 2. The number of pyridine rings is 1. The number of amides is 1. The smallest absolute Gasteiger partial charge is 0.328 e. The second kappa shape index (κ2) is 10.8. The number of esters is 1. The number of likely N-dealkylation sites (tertiary alicyclic amines) is 1. The summed E-state index contributed by atoms with van der Waals surface area (Å²) in [6.45, 7) is 1.32. The van der Waals surface area contributed by atoms with Crippen LogP contribution in [0.4, 0.5) is 0 Å². The van der Waals surface area contributed by atoms with Crippen LogP contribution >= 0.6 is 11.6 Å². The average Bonchev–Trinajstić information content (AvgIpc) is 3.23. The summed E-state index contributed by atoms with van der Waals surface area (Å²) in [6.07, 6.45) is 3.11. The third kappa shape index (κ3) is 5.85. The van der Waals surface area contributed by atoms with E-state index in [2.05, 4.69) is 22.2 Å². The van der Waals surface area contributed by atoms with Gasteiger partial charge in [0, 0.05) is 40.0 Å². The van der Waals surface area contributed by atoms with Crippen molar-refractivity contribution in [2.75, 3.05) is 20.2 Å². The molecule has 1 aliphatic rings. The molecule has 0 saturated carbocycles. The van der Waals surface area contributed by atoms with E-state index >= 15 is 0 Å². The van der Waals surface area contributed by atoms with Crippen LogP contribution in [0.15, 0.2) is 59.4 Å². The fourth-order valence-electron chi connectivity index (χ4n) is 4.44. The molecule has 0 aliphatic carbocycles. The second-order valence-corrected chi connectivity index (χ2v) is 9.11. The molecule has 2 atom stereocenters. The molecule has 1 saturated heterocycles. The van der Waals surface area contributed by atoms with Gasteiger partial charge in [-0.05, 0) is 68.8 Å². The van der Waals surface area contributed by atoms with Gasteiger partial charge in [0.05, 0.1) is 6.61 Å². The van der Waals surface area contributed by atoms with E-state index in [-0.39, 0.29) is 18.6 Å². The Morgan fingerprint density at radius 2 is 1.97 bits per heavy atom. The molecule has 34 heavy (non-hydrogen) atoms. The SMILES string of the molecule is CN1CCCC1CCOC(=O)C(Cc1cc(=O)[nH]c2ccccc12)NC(=O)c1ccc(Cl)cc1. The molecule has 7 nitrogen and oxygen atoms in total. The second-order valence-electron chi connectivity index (χ2n) is 8.67. The van der Waals surface area contributed by atoms with Crippen molar-refractivity contribution in [1.29, 1.82) is 0 Å². The van der Waals surface area contributed by atoms with Gasteiger partial charge in [0.2, 0.25) is 5.56 Å². The first-order chi connectivity index (χ1) is 16.4. The average molecular weight is 482 g/mol. The molecule has 2 heterocycles. The number of H-pyrrole nitrogens is 1. The highest BCUT2D eigenvalue weighted by molar-refractivity contribution is 6.30. The van der Waals surface area contributed by atoms with Crippen LogP contribution in [0.1, 0.15) is 35.2 Å². The summed E-state index contributed by atoms with van der Waals surface area (Å²) < 4.78 is 5.60. The van der Waals surface area contributed by atoms with Gasteiger partial charge in [-0.15, -0.1) is 0 Å². The molecule has 2 aromatic carbocycles. The van der Waals surface area contributed by atoms with E-state index in [0.717, 1.165) is 31.2 Å². The third-order valence-corrected chi connectivity index (χ3v) is 6.58. The van der Waals surface area contributed by atoms with Gasteiger partial charge in [0.15, 0.2) is 0 Å². The number of para-hydroxylation sites is 1. The number of carbonyl (C=O) groups excluding carboxylic acids is 2. The zero-order valence-electron chi connectivity index (χ0n) is 19.1. The van der Waals surface area contributed by atoms with Crippen molar-refractivity contribution < 1.29 is 14.3 Å². The maximum Gasteiger partial charge on any atom is 0.328 e. The van der Waals surface area contributed by atoms with Crippen molar-refractivity contribution in [3.63, 3.8) is 0 Å². The van der Waals surface area contributed by atoms with E-state index in [9.17, 15) is 14.4 Å². The van der Waals surface area contributed by atoms with Crippen LogP contribution in [0.5, 0.6) is 0 Å². The molecule has 3 aromatic rings. The Labute approximate surface area is 203 Å². The number of hydrogen-bond acceptors (Lipinski definition) is 5. The van der Waals surface area contributed by atoms with E-state index < -0.39 is 17.9 Å². The molecule has 4 rings (SSSR count). The van der Waals surface area contributed by atoms with E-state index in [0.29, 0.717) is 27.7 Å². The standard InChI is InChI=1S/C26H28ClN3O4/c1-30-13-4-5-20(30)12-14-34-26(33)23(29-25(32)17-8-10-19(27)11-9-17)15-18-16-24(31)28-22-7-3-2-6-21(18)22/h2-3,6-11,16,20,23H,4-5,12-15H2,1H3,(H,28,31)(H,29,32). The Hall–Kier alpha value is -3.16. The number of nitrogens with one attached hydrogen (secondary N) is 2. The summed E-state index contributed by atoms with van der Waals surface area (Å²) in [4.78, 5) is 43.2. The fourth-order valence-corrected chi connectivity index (χ4v) is 4.57. The lowest BCUT2D eigenvalue weighted by atomic mass is 10.0. The largest absolute Gasteiger partial charge is 0.464 e. The quantitative estimate of drug-likeness (QED) is 0.480. The molecule has 2 N–H and O–H groups in total. The summed E-state index contributed by atoms with van der Waals surface area (Å²) >= 11 is 5.93. The van der Waals surface area contributed by atoms with Crippen molar-refractivity contribution in [2.24, 2.45) is 0 Å². The van der Waals surface area contributed by atoms with Gasteiger partial charge in [-0.25, -0.2) is 4.79 Å². The number of aromatic amines is 1. The van der Waals surface area contributed by atoms with E-state index in [1.165, 1.54) is 6.07 Å². The number of benzene rings is 2. The van der Waals surface area contributed by atoms with Crippen molar-refractivity contribution in [1.82, 2.24) is 15.2 Å². The lowest BCUT2D eigenvalue weighted by molar-refractivity contribution is -0.146. The van der Waals surface area contributed by atoms with E-state index in [4.69, 9.17) is 16.3 Å². The number of nitrogens with zero attached hydrogens (tertiary/aromatic N) is 1. The van der Waals surface area contributed by atoms with Crippen molar-refractivity contribution in [3.05, 3.63) is 81.1 Å². The van der Waals surface area contributed by atoms with Crippen molar-refractivity contribution in [3.8, 4) is 0 Å². The first kappa shape index (κ1) is 24.0. The maximum atomic E-state index is 13.1. The highest BCUT2D eigenvalue weighted by atomic mass is 35.5. The molecular formula is C26H28ClN3O4. The molecule has 0 spiro atoms. The zero-order chi connectivity index (χ0) is 24.1. The predicted molar refractivity (Wildman–Crippen MR) is 132 cm³/mol. The van der Waals surface area contributed by atoms with Crippen LogP contribution in [0.25, 0.3) is 10.9 Å². The molecule has 1 fully saturated rings. The van der Waals surface area contributed by atoms with E-state index in [1.807, 2.05) is 18.2 Å². The summed E-state index contributed by atoms with van der Waals surface area (Å²) in [7, 11) is 2.08. The van der Waals surface area contributed by atoms with Crippen LogP contribution in [0.3, 0.4) is 0 Å². The number of aromatic nitrogens is 1. The van der Waals surface area contributed by atoms with Gasteiger partial charge in [-0.1, -0.05) is 29.8 Å². The third-order valence-electron chi connectivity index (χ3n) is 6.32. The van der Waals surface area contributed by atoms with Gasteiger partial charge in [0.25, 0.3) is 5.91 Å². The number of carbonyl (C=O) groups is 2. The number of rotatable bonds is 8. The van der Waals surface area contributed by atoms with Gasteiger partial charge in [-0.2, -0.15) is 0 Å². The number of halogens is 1. The Kier molecular flexibility index (Phi) is 7.65. The Morgan fingerprint density at radius 3 is 2.71 bits per heavy atom. The Balaban J connectivity index is 1.53. The molecule has 1 aromatic heterocycles. The molecule has 2 unspecified atom stereocenters. The first-order valence-electron chi connectivity index (χ1n) is 11.4. The van der Waals surface area contributed by atoms with Gasteiger partial charge in [-0.3, -0.25) is 9.59 Å². The highest BCUT2D eigenvalue weighted by Gasteiger charge is 2.26. The zero-order valence-corrected chi connectivity index (χ0v) is 19.8. The van der Waals surface area contributed by atoms with Crippen LogP contribution < -0.4 is 10.9 Å². The van der Waals surface area contributed by atoms with Crippen LogP contribution in [0.2, 0.25) is 5.02 Å². The minimum Gasteiger partial charge on any atom is -0.464 e. The van der Waals surface area contributed by atoms with Crippen LogP contribution in [0, 0.1) is 0 Å². The van der Waals surface area contributed by atoms with Gasteiger partial charge < -0.3 is 19.9 Å². The molecule has 0 radical (unpaired) electrons. The highest BCUT2D eigenvalue weighted by Crippen LogP contribution is 2.19. The van der Waals surface area contributed by atoms with Crippen LogP contribution in [-0.4, -0.2) is 54.0 Å². The lowest BCUT2D eigenvalue weighted by Crippen LogP contribution is -2.44. The minimum atomic E-state index is -0.949. The Bertz CT molecular complexity index is 1220. The fraction of sp³-hybridized carbons (Fsp3) is 0.346. The van der Waals surface area contributed by atoms with Crippen molar-refractivity contribution in [2.45, 2.75) is 37.8 Å². The Morgan fingerprint density at radius 1 is 1.21 bits per heavy atom. The number of ether oxygens (including phenoxy) is 1. The molecule has 1 aliphatic heterocycles. The molecular weight excluding hydrogens is 454 g/mol. The summed E-state index contributed by atoms with van der Waals surface area (Å²) in [6, 6.07) is 14.7. The molecule has 178 valence electrons. The number of fused-ring (bicyclic) bond motifs is 1. The molecule has 1 amide bonds. The lowest BCUT2D eigenvalue weighted by Gasteiger charge is -2.21. The predicted octanol–water partition coefficient (Wildman–Crippen LogP) is 3.55. The molecule has 8 heteroatoms. The molecule has 0 bridgehead atoms. The summed E-state index contributed by atoms with van der Waals surface area (Å²) in [5.41, 5.74) is 1.44. The summed E-state index contributed by atoms with van der Waals surface area (Å²) in [5.74, 6) is -0.935. The van der Waals surface area contributed by atoms with Gasteiger partial charge in [0.1, 0.15) is 6.04 Å². The normalized spacial score (nSPS) is 16.9. The van der Waals surface area contributed by atoms with Crippen molar-refractivity contribution >= 4 is 34.4 Å². The maximum absolute atomic E-state index is 13.1. The van der Waals surface area contributed by atoms with E-state index in [1.54, 1.807) is 30.3 Å². The topological polar surface area (TPSA) is 91.5 Å². The monoisotopic (exact) mass is 481 g/mol.